The second kappa shape index (κ2) is 6.70. The molecule has 1 aliphatic carbocycles. The summed E-state index contributed by atoms with van der Waals surface area (Å²) in [6.07, 6.45) is 3.95. The number of nitrogens with two attached hydrogens (primary N) is 1. The van der Waals surface area contributed by atoms with Crippen molar-refractivity contribution in [1.29, 1.82) is 0 Å². The van der Waals surface area contributed by atoms with Crippen molar-refractivity contribution < 1.29 is 9.32 Å². The lowest BCUT2D eigenvalue weighted by Gasteiger charge is -2.11. The molecule has 23 heavy (non-hydrogen) atoms. The van der Waals surface area contributed by atoms with Crippen LogP contribution in [-0.4, -0.2) is 16.0 Å². The molecule has 0 saturated heterocycles. The highest BCUT2D eigenvalue weighted by Gasteiger charge is 2.28. The average molecular weight is 379 g/mol. The minimum absolute atomic E-state index is 0.0730. The van der Waals surface area contributed by atoms with Crippen LogP contribution in [0, 0.1) is 6.92 Å². The van der Waals surface area contributed by atoms with Crippen molar-refractivity contribution >= 4 is 33.2 Å². The summed E-state index contributed by atoms with van der Waals surface area (Å²) >= 11 is 3.40. The van der Waals surface area contributed by atoms with E-state index >= 15 is 0 Å². The summed E-state index contributed by atoms with van der Waals surface area (Å²) in [5, 5.41) is 6.82. The molecule has 1 aromatic heterocycles. The van der Waals surface area contributed by atoms with Crippen molar-refractivity contribution in [2.75, 3.05) is 11.1 Å². The highest BCUT2D eigenvalue weighted by Crippen LogP contribution is 2.38. The third-order valence-electron chi connectivity index (χ3n) is 3.85. The Balaban J connectivity index is 1.49. The molecule has 1 aliphatic rings. The maximum absolute atomic E-state index is 12.1. The van der Waals surface area contributed by atoms with Crippen LogP contribution in [-0.2, 0) is 11.2 Å². The summed E-state index contributed by atoms with van der Waals surface area (Å²) in [5.41, 5.74) is 8.14. The van der Waals surface area contributed by atoms with Gasteiger partial charge in [0.1, 0.15) is 0 Å². The Labute approximate surface area is 143 Å². The fraction of sp³-hybridized carbons (Fsp3) is 0.438. The van der Waals surface area contributed by atoms with Crippen molar-refractivity contribution in [1.82, 2.24) is 10.1 Å². The number of nitrogens with one attached hydrogen (secondary N) is 1. The predicted octanol–water partition coefficient (Wildman–Crippen LogP) is 3.56. The zero-order valence-corrected chi connectivity index (χ0v) is 14.5. The van der Waals surface area contributed by atoms with Gasteiger partial charge in [0.15, 0.2) is 5.82 Å². The number of carbonyl (C=O) groups excluding carboxylic acids is 1. The molecule has 0 bridgehead atoms. The van der Waals surface area contributed by atoms with Gasteiger partial charge in [-0.15, -0.1) is 0 Å². The van der Waals surface area contributed by atoms with Crippen molar-refractivity contribution in [3.63, 3.8) is 0 Å². The average Bonchev–Trinajstić information content (AvgIpc) is 3.24. The number of aryl methyl sites for hydroxylation is 2. The maximum Gasteiger partial charge on any atom is 0.226 e. The number of nitrogens with zero attached hydrogens (tertiary/aromatic N) is 2. The molecular formula is C16H19BrN4O2. The third kappa shape index (κ3) is 4.10. The van der Waals surface area contributed by atoms with Gasteiger partial charge < -0.3 is 15.6 Å². The number of halogens is 1. The van der Waals surface area contributed by atoms with Crippen LogP contribution in [0.25, 0.3) is 0 Å². The van der Waals surface area contributed by atoms with Gasteiger partial charge in [0.25, 0.3) is 0 Å². The van der Waals surface area contributed by atoms with E-state index in [0.717, 1.165) is 28.7 Å². The Hall–Kier alpha value is -1.89. The maximum atomic E-state index is 12.1. The first-order valence-corrected chi connectivity index (χ1v) is 8.50. The molecule has 3 rings (SSSR count). The van der Waals surface area contributed by atoms with Gasteiger partial charge in [-0.2, -0.15) is 4.98 Å². The summed E-state index contributed by atoms with van der Waals surface area (Å²) in [7, 11) is 0. The number of hydrogen-bond acceptors (Lipinski definition) is 5. The van der Waals surface area contributed by atoms with E-state index in [1.165, 1.54) is 0 Å². The number of rotatable bonds is 6. The van der Waals surface area contributed by atoms with E-state index in [-0.39, 0.29) is 5.91 Å². The molecular weight excluding hydrogens is 360 g/mol. The summed E-state index contributed by atoms with van der Waals surface area (Å²) in [4.78, 5) is 16.4. The predicted molar refractivity (Wildman–Crippen MR) is 91.1 cm³/mol. The highest BCUT2D eigenvalue weighted by atomic mass is 79.9. The summed E-state index contributed by atoms with van der Waals surface area (Å²) < 4.78 is 6.08. The highest BCUT2D eigenvalue weighted by molar-refractivity contribution is 9.10. The normalized spacial score (nSPS) is 14.0. The zero-order chi connectivity index (χ0) is 16.4. The van der Waals surface area contributed by atoms with Crippen LogP contribution in [0.4, 0.5) is 11.4 Å². The van der Waals surface area contributed by atoms with Gasteiger partial charge in [0.05, 0.1) is 11.4 Å². The van der Waals surface area contributed by atoms with Gasteiger partial charge >= 0.3 is 0 Å². The second-order valence-corrected chi connectivity index (χ2v) is 6.82. The Morgan fingerprint density at radius 3 is 3.00 bits per heavy atom. The summed E-state index contributed by atoms with van der Waals surface area (Å²) in [5.74, 6) is 1.83. The molecule has 7 heteroatoms. The zero-order valence-electron chi connectivity index (χ0n) is 12.9. The minimum atomic E-state index is -0.0730. The van der Waals surface area contributed by atoms with E-state index in [0.29, 0.717) is 42.4 Å². The van der Waals surface area contributed by atoms with Crippen LogP contribution in [0.15, 0.2) is 21.1 Å². The minimum Gasteiger partial charge on any atom is -0.397 e. The Bertz CT molecular complexity index is 725. The molecule has 1 heterocycles. The Kier molecular flexibility index (Phi) is 4.66. The van der Waals surface area contributed by atoms with E-state index < -0.39 is 0 Å². The molecule has 0 aliphatic heterocycles. The van der Waals surface area contributed by atoms with E-state index in [9.17, 15) is 4.79 Å². The first-order chi connectivity index (χ1) is 11.0. The third-order valence-corrected chi connectivity index (χ3v) is 4.30. The Morgan fingerprint density at radius 1 is 1.48 bits per heavy atom. The number of anilines is 2. The molecule has 122 valence electrons. The number of hydrogen-bond donors (Lipinski definition) is 2. The second-order valence-electron chi connectivity index (χ2n) is 5.91. The molecule has 6 nitrogen and oxygen atoms in total. The van der Waals surface area contributed by atoms with Crippen LogP contribution in [0.1, 0.15) is 48.9 Å². The van der Waals surface area contributed by atoms with Gasteiger partial charge in [-0.25, -0.2) is 0 Å². The molecule has 2 aromatic rings. The van der Waals surface area contributed by atoms with Crippen LogP contribution in [0.3, 0.4) is 0 Å². The molecule has 0 atom stereocenters. The van der Waals surface area contributed by atoms with Gasteiger partial charge in [0.2, 0.25) is 11.8 Å². The van der Waals surface area contributed by atoms with Gasteiger partial charge in [0, 0.05) is 23.2 Å². The van der Waals surface area contributed by atoms with Crippen LogP contribution in [0.5, 0.6) is 0 Å². The molecule has 1 saturated carbocycles. The fourth-order valence-electron chi connectivity index (χ4n) is 2.35. The van der Waals surface area contributed by atoms with Crippen molar-refractivity contribution in [2.45, 2.75) is 44.9 Å². The van der Waals surface area contributed by atoms with Crippen molar-refractivity contribution in [3.8, 4) is 0 Å². The fourth-order valence-corrected chi connectivity index (χ4v) is 2.92. The molecule has 1 aromatic carbocycles. The van der Waals surface area contributed by atoms with Crippen LogP contribution >= 0.6 is 15.9 Å². The lowest BCUT2D eigenvalue weighted by atomic mass is 10.1. The number of amides is 1. The standard InChI is InChI=1S/C16H19BrN4O2/c1-9-7-11(17)8-12(15(9)18)19-13(22)3-2-4-14-20-16(21-23-14)10-5-6-10/h7-8,10H,2-6,18H2,1H3,(H,19,22). The molecule has 0 radical (unpaired) electrons. The molecule has 0 unspecified atom stereocenters. The first-order valence-electron chi connectivity index (χ1n) is 7.71. The quantitative estimate of drug-likeness (QED) is 0.749. The van der Waals surface area contributed by atoms with Gasteiger partial charge in [-0.1, -0.05) is 21.1 Å². The van der Waals surface area contributed by atoms with Crippen molar-refractivity contribution in [3.05, 3.63) is 33.9 Å². The number of aromatic nitrogens is 2. The van der Waals surface area contributed by atoms with Crippen molar-refractivity contribution in [2.24, 2.45) is 0 Å². The molecule has 1 amide bonds. The Morgan fingerprint density at radius 2 is 2.26 bits per heavy atom. The summed E-state index contributed by atoms with van der Waals surface area (Å²) in [6.45, 7) is 1.91. The van der Waals surface area contributed by atoms with E-state index in [1.807, 2.05) is 13.0 Å². The molecule has 3 N–H and O–H groups in total. The van der Waals surface area contributed by atoms with E-state index in [2.05, 4.69) is 31.4 Å². The molecule has 0 spiro atoms. The van der Waals surface area contributed by atoms with E-state index in [4.69, 9.17) is 10.3 Å². The van der Waals surface area contributed by atoms with Gasteiger partial charge in [-0.3, -0.25) is 4.79 Å². The first kappa shape index (κ1) is 16.0. The van der Waals surface area contributed by atoms with Crippen LogP contribution < -0.4 is 11.1 Å². The van der Waals surface area contributed by atoms with E-state index in [1.54, 1.807) is 6.07 Å². The van der Waals surface area contributed by atoms with Crippen LogP contribution in [0.2, 0.25) is 0 Å². The number of carbonyl (C=O) groups is 1. The lowest BCUT2D eigenvalue weighted by Crippen LogP contribution is -2.13. The van der Waals surface area contributed by atoms with Gasteiger partial charge in [-0.05, 0) is 43.9 Å². The smallest absolute Gasteiger partial charge is 0.226 e. The monoisotopic (exact) mass is 378 g/mol. The number of nitrogen functional groups attached to an aromatic ring is 1. The SMILES string of the molecule is Cc1cc(Br)cc(NC(=O)CCCc2nc(C3CC3)no2)c1N. The topological polar surface area (TPSA) is 94.0 Å². The molecule has 1 fully saturated rings. The summed E-state index contributed by atoms with van der Waals surface area (Å²) in [6, 6.07) is 3.72. The lowest BCUT2D eigenvalue weighted by molar-refractivity contribution is -0.116. The number of benzene rings is 1. The largest absolute Gasteiger partial charge is 0.397 e.